The molecule has 3 rings (SSSR count). The van der Waals surface area contributed by atoms with E-state index in [1.165, 1.54) is 24.2 Å². The van der Waals surface area contributed by atoms with Crippen LogP contribution in [0.15, 0.2) is 29.3 Å². The number of hydrogen-bond donors (Lipinski definition) is 2. The van der Waals surface area contributed by atoms with E-state index in [1.807, 2.05) is 0 Å². The molecule has 2 aliphatic rings. The molecule has 2 saturated heterocycles. The van der Waals surface area contributed by atoms with Crippen molar-refractivity contribution in [2.45, 2.75) is 52.3 Å². The molecule has 1 aromatic carbocycles. The number of guanidine groups is 1. The van der Waals surface area contributed by atoms with Crippen LogP contribution in [-0.2, 0) is 17.8 Å². The van der Waals surface area contributed by atoms with Gasteiger partial charge in [-0.25, -0.2) is 4.99 Å². The SMILES string of the molecule is CCNC(=NCc1ccccc1CN1CCN(CC)CC1)NCC1(C)CCCO1. The van der Waals surface area contributed by atoms with Crippen LogP contribution in [0.5, 0.6) is 0 Å². The summed E-state index contributed by atoms with van der Waals surface area (Å²) in [6.07, 6.45) is 2.25. The monoisotopic (exact) mass is 401 g/mol. The molecule has 0 bridgehead atoms. The predicted molar refractivity (Wildman–Crippen MR) is 120 cm³/mol. The van der Waals surface area contributed by atoms with Gasteiger partial charge in [0.25, 0.3) is 0 Å². The number of likely N-dealkylation sites (N-methyl/N-ethyl adjacent to an activating group) is 1. The highest BCUT2D eigenvalue weighted by Crippen LogP contribution is 2.23. The molecule has 162 valence electrons. The van der Waals surface area contributed by atoms with E-state index in [4.69, 9.17) is 9.73 Å². The normalized spacial score (nSPS) is 24.0. The number of piperazine rings is 1. The Morgan fingerprint density at radius 2 is 1.79 bits per heavy atom. The number of benzene rings is 1. The Labute approximate surface area is 176 Å². The standard InChI is InChI=1S/C23H39N5O/c1-4-24-22(26-19-23(3)11-8-16-29-23)25-17-20-9-6-7-10-21(20)18-28-14-12-27(5-2)13-15-28/h6-7,9-10H,4-5,8,11-19H2,1-3H3,(H2,24,25,26). The van der Waals surface area contributed by atoms with Gasteiger partial charge in [0.15, 0.2) is 5.96 Å². The second kappa shape index (κ2) is 11.0. The third kappa shape index (κ3) is 6.69. The topological polar surface area (TPSA) is 52.1 Å². The van der Waals surface area contributed by atoms with Gasteiger partial charge in [0.05, 0.1) is 12.1 Å². The molecule has 0 spiro atoms. The van der Waals surface area contributed by atoms with Crippen molar-refractivity contribution in [1.82, 2.24) is 20.4 Å². The molecule has 0 aliphatic carbocycles. The van der Waals surface area contributed by atoms with Crippen LogP contribution in [-0.4, -0.2) is 73.8 Å². The minimum Gasteiger partial charge on any atom is -0.373 e. The highest BCUT2D eigenvalue weighted by molar-refractivity contribution is 5.79. The van der Waals surface area contributed by atoms with Crippen LogP contribution in [0.4, 0.5) is 0 Å². The van der Waals surface area contributed by atoms with Crippen LogP contribution in [0.1, 0.15) is 44.7 Å². The van der Waals surface area contributed by atoms with E-state index in [0.717, 1.165) is 64.7 Å². The quantitative estimate of drug-likeness (QED) is 0.518. The van der Waals surface area contributed by atoms with Gasteiger partial charge in [0.2, 0.25) is 0 Å². The fraction of sp³-hybridized carbons (Fsp3) is 0.696. The van der Waals surface area contributed by atoms with Crippen LogP contribution in [0.3, 0.4) is 0 Å². The molecule has 1 aromatic rings. The lowest BCUT2D eigenvalue weighted by atomic mass is 10.0. The van der Waals surface area contributed by atoms with Gasteiger partial charge in [-0.1, -0.05) is 31.2 Å². The van der Waals surface area contributed by atoms with Gasteiger partial charge in [0, 0.05) is 52.4 Å². The fourth-order valence-corrected chi connectivity index (χ4v) is 4.12. The summed E-state index contributed by atoms with van der Waals surface area (Å²) in [5.74, 6) is 0.871. The molecule has 0 aromatic heterocycles. The first-order valence-electron chi connectivity index (χ1n) is 11.3. The van der Waals surface area contributed by atoms with Crippen molar-refractivity contribution in [3.63, 3.8) is 0 Å². The van der Waals surface area contributed by atoms with Crippen molar-refractivity contribution in [3.05, 3.63) is 35.4 Å². The molecule has 0 radical (unpaired) electrons. The van der Waals surface area contributed by atoms with E-state index in [1.54, 1.807) is 0 Å². The Morgan fingerprint density at radius 3 is 2.45 bits per heavy atom. The van der Waals surface area contributed by atoms with E-state index in [9.17, 15) is 0 Å². The lowest BCUT2D eigenvalue weighted by Crippen LogP contribution is -2.45. The van der Waals surface area contributed by atoms with Crippen molar-refractivity contribution in [2.24, 2.45) is 4.99 Å². The van der Waals surface area contributed by atoms with E-state index in [-0.39, 0.29) is 5.60 Å². The Hall–Kier alpha value is -1.63. The molecule has 1 atom stereocenters. The van der Waals surface area contributed by atoms with Gasteiger partial charge in [-0.05, 0) is 44.4 Å². The van der Waals surface area contributed by atoms with E-state index in [2.05, 4.69) is 65.5 Å². The summed E-state index contributed by atoms with van der Waals surface area (Å²) in [7, 11) is 0. The number of ether oxygens (including phenoxy) is 1. The van der Waals surface area contributed by atoms with Crippen molar-refractivity contribution >= 4 is 5.96 Å². The Balaban J connectivity index is 1.59. The highest BCUT2D eigenvalue weighted by atomic mass is 16.5. The first kappa shape index (κ1) is 22.1. The average Bonchev–Trinajstić information content (AvgIpc) is 3.18. The third-order valence-electron chi connectivity index (χ3n) is 6.11. The van der Waals surface area contributed by atoms with Gasteiger partial charge >= 0.3 is 0 Å². The number of hydrogen-bond acceptors (Lipinski definition) is 4. The average molecular weight is 402 g/mol. The maximum absolute atomic E-state index is 5.90. The maximum Gasteiger partial charge on any atom is 0.191 e. The van der Waals surface area contributed by atoms with E-state index in [0.29, 0.717) is 6.54 Å². The van der Waals surface area contributed by atoms with Crippen molar-refractivity contribution in [3.8, 4) is 0 Å². The van der Waals surface area contributed by atoms with Crippen LogP contribution in [0.25, 0.3) is 0 Å². The van der Waals surface area contributed by atoms with Gasteiger partial charge in [-0.3, -0.25) is 4.90 Å². The molecule has 2 N–H and O–H groups in total. The molecule has 1 unspecified atom stereocenters. The number of aliphatic imine (C=N–C) groups is 1. The molecule has 0 saturated carbocycles. The molecule has 0 amide bonds. The van der Waals surface area contributed by atoms with Crippen molar-refractivity contribution in [1.29, 1.82) is 0 Å². The maximum atomic E-state index is 5.90. The summed E-state index contributed by atoms with van der Waals surface area (Å²) < 4.78 is 5.90. The molecule has 2 heterocycles. The number of nitrogens with one attached hydrogen (secondary N) is 2. The zero-order valence-corrected chi connectivity index (χ0v) is 18.5. The Bertz CT molecular complexity index is 648. The van der Waals surface area contributed by atoms with Crippen molar-refractivity contribution < 1.29 is 4.74 Å². The summed E-state index contributed by atoms with van der Waals surface area (Å²) in [4.78, 5) is 9.96. The second-order valence-corrected chi connectivity index (χ2v) is 8.43. The van der Waals surface area contributed by atoms with Crippen LogP contribution in [0.2, 0.25) is 0 Å². The van der Waals surface area contributed by atoms with Crippen LogP contribution >= 0.6 is 0 Å². The third-order valence-corrected chi connectivity index (χ3v) is 6.11. The molecule has 2 fully saturated rings. The van der Waals surface area contributed by atoms with Crippen molar-refractivity contribution in [2.75, 3.05) is 52.4 Å². The summed E-state index contributed by atoms with van der Waals surface area (Å²) in [6.45, 7) is 16.6. The first-order valence-corrected chi connectivity index (χ1v) is 11.3. The number of rotatable bonds is 8. The minimum atomic E-state index is -0.0747. The fourth-order valence-electron chi connectivity index (χ4n) is 4.12. The Morgan fingerprint density at radius 1 is 1.07 bits per heavy atom. The second-order valence-electron chi connectivity index (χ2n) is 8.43. The summed E-state index contributed by atoms with van der Waals surface area (Å²) in [5.41, 5.74) is 2.63. The molecule has 6 nitrogen and oxygen atoms in total. The molecule has 2 aliphatic heterocycles. The van der Waals surface area contributed by atoms with Gasteiger partial charge in [0.1, 0.15) is 0 Å². The van der Waals surface area contributed by atoms with Crippen LogP contribution < -0.4 is 10.6 Å². The smallest absolute Gasteiger partial charge is 0.191 e. The molecular formula is C23H39N5O. The van der Waals surface area contributed by atoms with Gasteiger partial charge in [-0.15, -0.1) is 0 Å². The molecule has 6 heteroatoms. The zero-order valence-electron chi connectivity index (χ0n) is 18.5. The first-order chi connectivity index (χ1) is 14.1. The van der Waals surface area contributed by atoms with E-state index >= 15 is 0 Å². The Kier molecular flexibility index (Phi) is 8.33. The van der Waals surface area contributed by atoms with Crippen LogP contribution in [0, 0.1) is 0 Å². The minimum absolute atomic E-state index is 0.0747. The number of nitrogens with zero attached hydrogens (tertiary/aromatic N) is 3. The summed E-state index contributed by atoms with van der Waals surface area (Å²) >= 11 is 0. The highest BCUT2D eigenvalue weighted by Gasteiger charge is 2.29. The van der Waals surface area contributed by atoms with E-state index < -0.39 is 0 Å². The predicted octanol–water partition coefficient (Wildman–Crippen LogP) is 2.45. The van der Waals surface area contributed by atoms with Gasteiger partial charge in [-0.2, -0.15) is 0 Å². The molecule has 29 heavy (non-hydrogen) atoms. The molecular weight excluding hydrogens is 362 g/mol. The summed E-state index contributed by atoms with van der Waals surface area (Å²) in [6, 6.07) is 8.74. The van der Waals surface area contributed by atoms with Gasteiger partial charge < -0.3 is 20.3 Å². The summed E-state index contributed by atoms with van der Waals surface area (Å²) in [5, 5.41) is 6.86. The lowest BCUT2D eigenvalue weighted by Gasteiger charge is -2.34. The zero-order chi connectivity index (χ0) is 20.5. The largest absolute Gasteiger partial charge is 0.373 e. The lowest BCUT2D eigenvalue weighted by molar-refractivity contribution is 0.0243.